The molecule has 0 saturated carbocycles. The molecule has 0 aromatic heterocycles. The van der Waals surface area contributed by atoms with Gasteiger partial charge >= 0.3 is 0 Å². The van der Waals surface area contributed by atoms with Gasteiger partial charge in [-0.25, -0.2) is 0 Å². The molecule has 1 aromatic rings. The largest absolute Gasteiger partial charge is 0.493 e. The molecule has 1 rings (SSSR count). The number of nitrogens with one attached hydrogen (secondary N) is 1. The Bertz CT molecular complexity index is 448. The van der Waals surface area contributed by atoms with E-state index in [2.05, 4.69) is 19.2 Å². The standard InChI is InChI=1S/C15H21Cl2NO2/c1-11(2)9-18-10-12-7-13(17)8-14(19-3)15(12)20-6-4-5-16/h4-5,7-8,11,18H,6,9-10H2,1-3H3/b5-4+. The van der Waals surface area contributed by atoms with Crippen LogP contribution in [0.1, 0.15) is 19.4 Å². The van der Waals surface area contributed by atoms with Gasteiger partial charge in [-0.05, 0) is 24.6 Å². The fraction of sp³-hybridized carbons (Fsp3) is 0.467. The molecule has 1 N–H and O–H groups in total. The first-order chi connectivity index (χ1) is 9.58. The highest BCUT2D eigenvalue weighted by Crippen LogP contribution is 2.34. The molecule has 0 unspecified atom stereocenters. The molecule has 0 aliphatic heterocycles. The van der Waals surface area contributed by atoms with Crippen molar-refractivity contribution in [1.29, 1.82) is 0 Å². The fourth-order valence-electron chi connectivity index (χ4n) is 1.73. The number of ether oxygens (including phenoxy) is 2. The normalized spacial score (nSPS) is 11.3. The van der Waals surface area contributed by atoms with Gasteiger partial charge in [0, 0.05) is 28.7 Å². The van der Waals surface area contributed by atoms with Crippen molar-refractivity contribution in [3.8, 4) is 11.5 Å². The molecular weight excluding hydrogens is 297 g/mol. The molecule has 0 radical (unpaired) electrons. The highest BCUT2D eigenvalue weighted by molar-refractivity contribution is 6.30. The molecule has 0 saturated heterocycles. The summed E-state index contributed by atoms with van der Waals surface area (Å²) in [6.07, 6.45) is 1.72. The summed E-state index contributed by atoms with van der Waals surface area (Å²) in [5, 5.41) is 4.00. The molecule has 0 fully saturated rings. The highest BCUT2D eigenvalue weighted by Gasteiger charge is 2.12. The maximum atomic E-state index is 6.11. The van der Waals surface area contributed by atoms with Crippen molar-refractivity contribution >= 4 is 23.2 Å². The molecule has 112 valence electrons. The number of methoxy groups -OCH3 is 1. The molecule has 0 bridgehead atoms. The van der Waals surface area contributed by atoms with Crippen LogP contribution in [0, 0.1) is 5.92 Å². The second kappa shape index (κ2) is 9.11. The van der Waals surface area contributed by atoms with Crippen molar-refractivity contribution in [2.24, 2.45) is 5.92 Å². The second-order valence-corrected chi connectivity index (χ2v) is 5.48. The lowest BCUT2D eigenvalue weighted by molar-refractivity contribution is 0.322. The van der Waals surface area contributed by atoms with Crippen LogP contribution in [0.15, 0.2) is 23.7 Å². The minimum Gasteiger partial charge on any atom is -0.493 e. The second-order valence-electron chi connectivity index (χ2n) is 4.79. The van der Waals surface area contributed by atoms with Gasteiger partial charge in [0.05, 0.1) is 7.11 Å². The molecular formula is C15H21Cl2NO2. The van der Waals surface area contributed by atoms with Crippen LogP contribution in [-0.4, -0.2) is 20.3 Å². The van der Waals surface area contributed by atoms with E-state index in [1.807, 2.05) is 6.07 Å². The summed E-state index contributed by atoms with van der Waals surface area (Å²) in [4.78, 5) is 0. The van der Waals surface area contributed by atoms with Crippen LogP contribution >= 0.6 is 23.2 Å². The van der Waals surface area contributed by atoms with Crippen molar-refractivity contribution in [1.82, 2.24) is 5.32 Å². The van der Waals surface area contributed by atoms with Crippen LogP contribution in [0.2, 0.25) is 5.02 Å². The number of hydrogen-bond acceptors (Lipinski definition) is 3. The van der Waals surface area contributed by atoms with Gasteiger partial charge in [0.15, 0.2) is 11.5 Å². The van der Waals surface area contributed by atoms with E-state index in [1.165, 1.54) is 5.54 Å². The third-order valence-corrected chi connectivity index (χ3v) is 2.99. The third-order valence-electron chi connectivity index (χ3n) is 2.60. The average Bonchev–Trinajstić information content (AvgIpc) is 2.40. The van der Waals surface area contributed by atoms with Crippen LogP contribution in [0.4, 0.5) is 0 Å². The smallest absolute Gasteiger partial charge is 0.166 e. The summed E-state index contributed by atoms with van der Waals surface area (Å²) in [7, 11) is 1.60. The Kier molecular flexibility index (Phi) is 7.82. The van der Waals surface area contributed by atoms with E-state index < -0.39 is 0 Å². The summed E-state index contributed by atoms with van der Waals surface area (Å²) in [6, 6.07) is 3.63. The lowest BCUT2D eigenvalue weighted by Gasteiger charge is -2.16. The third kappa shape index (κ3) is 5.61. The summed E-state index contributed by atoms with van der Waals surface area (Å²) < 4.78 is 11.0. The van der Waals surface area contributed by atoms with Gasteiger partial charge in [0.1, 0.15) is 6.61 Å². The molecule has 0 amide bonds. The zero-order valence-electron chi connectivity index (χ0n) is 12.1. The van der Waals surface area contributed by atoms with E-state index in [-0.39, 0.29) is 0 Å². The maximum absolute atomic E-state index is 6.11. The van der Waals surface area contributed by atoms with Crippen LogP contribution < -0.4 is 14.8 Å². The van der Waals surface area contributed by atoms with E-state index in [1.54, 1.807) is 19.3 Å². The van der Waals surface area contributed by atoms with Crippen LogP contribution in [0.3, 0.4) is 0 Å². The zero-order valence-corrected chi connectivity index (χ0v) is 13.6. The van der Waals surface area contributed by atoms with Crippen LogP contribution in [0.5, 0.6) is 11.5 Å². The summed E-state index contributed by atoms with van der Waals surface area (Å²) in [6.45, 7) is 6.31. The molecule has 0 aliphatic carbocycles. The Labute approximate surface area is 130 Å². The first kappa shape index (κ1) is 17.2. The predicted octanol–water partition coefficient (Wildman–Crippen LogP) is 4.23. The van der Waals surface area contributed by atoms with E-state index >= 15 is 0 Å². The van der Waals surface area contributed by atoms with Crippen molar-refractivity contribution < 1.29 is 9.47 Å². The van der Waals surface area contributed by atoms with E-state index in [0.717, 1.165) is 12.1 Å². The van der Waals surface area contributed by atoms with Crippen LogP contribution in [0.25, 0.3) is 0 Å². The quantitative estimate of drug-likeness (QED) is 0.778. The number of benzene rings is 1. The molecule has 5 heteroatoms. The van der Waals surface area contributed by atoms with Crippen molar-refractivity contribution in [2.45, 2.75) is 20.4 Å². The van der Waals surface area contributed by atoms with Crippen molar-refractivity contribution in [3.05, 3.63) is 34.3 Å². The molecule has 1 aromatic carbocycles. The Morgan fingerprint density at radius 2 is 2.10 bits per heavy atom. The topological polar surface area (TPSA) is 30.5 Å². The average molecular weight is 318 g/mol. The number of rotatable bonds is 8. The lowest BCUT2D eigenvalue weighted by Crippen LogP contribution is -2.19. The Morgan fingerprint density at radius 3 is 2.70 bits per heavy atom. The minimum atomic E-state index is 0.388. The molecule has 0 spiro atoms. The molecule has 20 heavy (non-hydrogen) atoms. The van der Waals surface area contributed by atoms with Crippen molar-refractivity contribution in [3.63, 3.8) is 0 Å². The SMILES string of the molecule is COc1cc(Cl)cc(CNCC(C)C)c1OC/C=C/Cl. The first-order valence-electron chi connectivity index (χ1n) is 6.53. The van der Waals surface area contributed by atoms with E-state index in [4.69, 9.17) is 32.7 Å². The molecule has 0 atom stereocenters. The lowest BCUT2D eigenvalue weighted by atomic mass is 10.1. The van der Waals surface area contributed by atoms with E-state index in [9.17, 15) is 0 Å². The summed E-state index contributed by atoms with van der Waals surface area (Å²) >= 11 is 11.6. The van der Waals surface area contributed by atoms with Gasteiger partial charge < -0.3 is 14.8 Å². The zero-order chi connectivity index (χ0) is 15.0. The molecule has 0 heterocycles. The van der Waals surface area contributed by atoms with Gasteiger partial charge in [0.2, 0.25) is 0 Å². The highest BCUT2D eigenvalue weighted by atomic mass is 35.5. The first-order valence-corrected chi connectivity index (χ1v) is 7.35. The van der Waals surface area contributed by atoms with Gasteiger partial charge in [0.25, 0.3) is 0 Å². The van der Waals surface area contributed by atoms with Gasteiger partial charge in [-0.15, -0.1) is 0 Å². The minimum absolute atomic E-state index is 0.388. The van der Waals surface area contributed by atoms with E-state index in [0.29, 0.717) is 35.6 Å². The van der Waals surface area contributed by atoms with Gasteiger partial charge in [-0.1, -0.05) is 37.0 Å². The summed E-state index contributed by atoms with van der Waals surface area (Å²) in [5.74, 6) is 1.91. The Hall–Kier alpha value is -0.900. The van der Waals surface area contributed by atoms with Crippen molar-refractivity contribution in [2.75, 3.05) is 20.3 Å². The fourth-order valence-corrected chi connectivity index (χ4v) is 2.04. The number of hydrogen-bond donors (Lipinski definition) is 1. The Balaban J connectivity index is 2.89. The molecule has 3 nitrogen and oxygen atoms in total. The number of halogens is 2. The predicted molar refractivity (Wildman–Crippen MR) is 85.0 cm³/mol. The summed E-state index contributed by atoms with van der Waals surface area (Å²) in [5.41, 5.74) is 2.40. The monoisotopic (exact) mass is 317 g/mol. The van der Waals surface area contributed by atoms with Gasteiger partial charge in [-0.3, -0.25) is 0 Å². The Morgan fingerprint density at radius 1 is 1.35 bits per heavy atom. The van der Waals surface area contributed by atoms with Gasteiger partial charge in [-0.2, -0.15) is 0 Å². The molecule has 0 aliphatic rings. The maximum Gasteiger partial charge on any atom is 0.166 e. The van der Waals surface area contributed by atoms with Crippen LogP contribution in [-0.2, 0) is 6.54 Å².